The predicted molar refractivity (Wildman–Crippen MR) is 99.1 cm³/mol. The third-order valence-corrected chi connectivity index (χ3v) is 5.02. The molecular formula is C18H21N3O4S. The van der Waals surface area contributed by atoms with Crippen LogP contribution in [0, 0.1) is 0 Å². The maximum atomic E-state index is 12.4. The van der Waals surface area contributed by atoms with Gasteiger partial charge < -0.3 is 14.4 Å². The van der Waals surface area contributed by atoms with E-state index in [0.717, 1.165) is 25.9 Å². The number of rotatable bonds is 6. The Morgan fingerprint density at radius 1 is 1.19 bits per heavy atom. The normalized spacial score (nSPS) is 13.5. The van der Waals surface area contributed by atoms with Gasteiger partial charge in [0.15, 0.2) is 16.6 Å². The van der Waals surface area contributed by atoms with Crippen molar-refractivity contribution in [3.05, 3.63) is 34.8 Å². The summed E-state index contributed by atoms with van der Waals surface area (Å²) in [7, 11) is 3.06. The van der Waals surface area contributed by atoms with Crippen molar-refractivity contribution >= 4 is 28.3 Å². The molecule has 26 heavy (non-hydrogen) atoms. The van der Waals surface area contributed by atoms with Gasteiger partial charge in [-0.15, -0.1) is 11.3 Å². The zero-order valence-electron chi connectivity index (χ0n) is 14.8. The SMILES string of the molecule is COc1ccc(C(=O)Nc2nc(CC(=O)N3CCCC3)cs2)cc1OC. The standard InChI is InChI=1S/C18H21N3O4S/c1-24-14-6-5-12(9-15(14)25-2)17(23)20-18-19-13(11-26-18)10-16(22)21-7-3-4-8-21/h5-6,9,11H,3-4,7-8,10H2,1-2H3,(H,19,20,23). The molecule has 1 fully saturated rings. The minimum Gasteiger partial charge on any atom is -0.493 e. The molecule has 0 saturated carbocycles. The lowest BCUT2D eigenvalue weighted by molar-refractivity contribution is -0.129. The van der Waals surface area contributed by atoms with Gasteiger partial charge in [0, 0.05) is 24.0 Å². The van der Waals surface area contributed by atoms with Crippen molar-refractivity contribution in [1.82, 2.24) is 9.88 Å². The highest BCUT2D eigenvalue weighted by molar-refractivity contribution is 7.14. The topological polar surface area (TPSA) is 80.8 Å². The molecule has 1 aliphatic heterocycles. The van der Waals surface area contributed by atoms with Gasteiger partial charge >= 0.3 is 0 Å². The van der Waals surface area contributed by atoms with E-state index in [4.69, 9.17) is 9.47 Å². The maximum Gasteiger partial charge on any atom is 0.257 e. The molecule has 0 aliphatic carbocycles. The van der Waals surface area contributed by atoms with E-state index in [9.17, 15) is 9.59 Å². The lowest BCUT2D eigenvalue weighted by Crippen LogP contribution is -2.29. The summed E-state index contributed by atoms with van der Waals surface area (Å²) in [6, 6.07) is 4.94. The summed E-state index contributed by atoms with van der Waals surface area (Å²) in [6.07, 6.45) is 2.40. The number of carbonyl (C=O) groups excluding carboxylic acids is 2. The monoisotopic (exact) mass is 375 g/mol. The number of anilines is 1. The van der Waals surface area contributed by atoms with Crippen molar-refractivity contribution in [1.29, 1.82) is 0 Å². The molecule has 2 amide bonds. The van der Waals surface area contributed by atoms with E-state index >= 15 is 0 Å². The van der Waals surface area contributed by atoms with E-state index in [2.05, 4.69) is 10.3 Å². The zero-order valence-corrected chi connectivity index (χ0v) is 15.6. The number of likely N-dealkylation sites (tertiary alicyclic amines) is 1. The largest absolute Gasteiger partial charge is 0.493 e. The molecule has 0 spiro atoms. The fourth-order valence-electron chi connectivity index (χ4n) is 2.83. The number of hydrogen-bond donors (Lipinski definition) is 1. The van der Waals surface area contributed by atoms with E-state index < -0.39 is 0 Å². The number of nitrogens with zero attached hydrogens (tertiary/aromatic N) is 2. The predicted octanol–water partition coefficient (Wildman–Crippen LogP) is 2.58. The highest BCUT2D eigenvalue weighted by atomic mass is 32.1. The van der Waals surface area contributed by atoms with Crippen molar-refractivity contribution < 1.29 is 19.1 Å². The number of aromatic nitrogens is 1. The van der Waals surface area contributed by atoms with Gasteiger partial charge in [0.25, 0.3) is 5.91 Å². The molecule has 1 aliphatic rings. The smallest absolute Gasteiger partial charge is 0.257 e. The quantitative estimate of drug-likeness (QED) is 0.839. The summed E-state index contributed by atoms with van der Waals surface area (Å²) < 4.78 is 10.4. The van der Waals surface area contributed by atoms with Crippen molar-refractivity contribution in [3.8, 4) is 11.5 Å². The number of nitrogens with one attached hydrogen (secondary N) is 1. The molecular weight excluding hydrogens is 354 g/mol. The summed E-state index contributed by atoms with van der Waals surface area (Å²) >= 11 is 1.30. The molecule has 3 rings (SSSR count). The number of ether oxygens (including phenoxy) is 2. The van der Waals surface area contributed by atoms with Crippen LogP contribution >= 0.6 is 11.3 Å². The molecule has 0 radical (unpaired) electrons. The molecule has 7 nitrogen and oxygen atoms in total. The Morgan fingerprint density at radius 2 is 1.92 bits per heavy atom. The van der Waals surface area contributed by atoms with Gasteiger partial charge in [-0.2, -0.15) is 0 Å². The van der Waals surface area contributed by atoms with Crippen molar-refractivity contribution in [3.63, 3.8) is 0 Å². The van der Waals surface area contributed by atoms with Crippen LogP contribution in [0.5, 0.6) is 11.5 Å². The Balaban J connectivity index is 1.63. The van der Waals surface area contributed by atoms with Crippen LogP contribution in [-0.2, 0) is 11.2 Å². The van der Waals surface area contributed by atoms with Crippen molar-refractivity contribution in [2.24, 2.45) is 0 Å². The summed E-state index contributed by atoms with van der Waals surface area (Å²) in [5, 5.41) is 5.03. The Morgan fingerprint density at radius 3 is 2.62 bits per heavy atom. The Hall–Kier alpha value is -2.61. The molecule has 8 heteroatoms. The van der Waals surface area contributed by atoms with Gasteiger partial charge in [-0.3, -0.25) is 14.9 Å². The first kappa shape index (κ1) is 18.2. The van der Waals surface area contributed by atoms with Gasteiger partial charge in [0.1, 0.15) is 0 Å². The molecule has 0 bridgehead atoms. The van der Waals surface area contributed by atoms with Crippen LogP contribution in [0.3, 0.4) is 0 Å². The number of carbonyl (C=O) groups is 2. The number of thiazole rings is 1. The summed E-state index contributed by atoms with van der Waals surface area (Å²) in [5.41, 5.74) is 1.11. The average molecular weight is 375 g/mol. The second-order valence-corrected chi connectivity index (χ2v) is 6.79. The van der Waals surface area contributed by atoms with Crippen LogP contribution < -0.4 is 14.8 Å². The number of benzene rings is 1. The first-order chi connectivity index (χ1) is 12.6. The molecule has 138 valence electrons. The van der Waals surface area contributed by atoms with Crippen LogP contribution in [-0.4, -0.2) is 49.0 Å². The molecule has 1 aromatic heterocycles. The first-order valence-electron chi connectivity index (χ1n) is 8.36. The van der Waals surface area contributed by atoms with Gasteiger partial charge in [0.2, 0.25) is 5.91 Å². The van der Waals surface area contributed by atoms with Gasteiger partial charge in [0.05, 0.1) is 26.3 Å². The highest BCUT2D eigenvalue weighted by Gasteiger charge is 2.19. The first-order valence-corrected chi connectivity index (χ1v) is 9.24. The van der Waals surface area contributed by atoms with Crippen LogP contribution in [0.2, 0.25) is 0 Å². The minimum atomic E-state index is -0.294. The summed E-state index contributed by atoms with van der Waals surface area (Å²) in [5.74, 6) is 0.834. The highest BCUT2D eigenvalue weighted by Crippen LogP contribution is 2.28. The second kappa shape index (κ2) is 8.18. The van der Waals surface area contributed by atoms with E-state index in [1.165, 1.54) is 25.6 Å². The van der Waals surface area contributed by atoms with Crippen LogP contribution in [0.25, 0.3) is 0 Å². The molecule has 0 atom stereocenters. The molecule has 1 aromatic carbocycles. The fourth-order valence-corrected chi connectivity index (χ4v) is 3.53. The van der Waals surface area contributed by atoms with Crippen LogP contribution in [0.1, 0.15) is 28.9 Å². The van der Waals surface area contributed by atoms with Gasteiger partial charge in [-0.25, -0.2) is 4.98 Å². The molecule has 1 N–H and O–H groups in total. The number of amides is 2. The maximum absolute atomic E-state index is 12.4. The van der Waals surface area contributed by atoms with E-state index in [1.807, 2.05) is 4.90 Å². The van der Waals surface area contributed by atoms with Crippen molar-refractivity contribution in [2.75, 3.05) is 32.6 Å². The van der Waals surface area contributed by atoms with E-state index in [1.54, 1.807) is 23.6 Å². The van der Waals surface area contributed by atoms with Crippen molar-refractivity contribution in [2.45, 2.75) is 19.3 Å². The van der Waals surface area contributed by atoms with Crippen LogP contribution in [0.15, 0.2) is 23.6 Å². The summed E-state index contributed by atoms with van der Waals surface area (Å²) in [6.45, 7) is 1.65. The Bertz CT molecular complexity index is 799. The van der Waals surface area contributed by atoms with Gasteiger partial charge in [-0.1, -0.05) is 0 Å². The minimum absolute atomic E-state index is 0.0885. The van der Waals surface area contributed by atoms with Crippen LogP contribution in [0.4, 0.5) is 5.13 Å². The molecule has 1 saturated heterocycles. The Kier molecular flexibility index (Phi) is 5.72. The molecule has 2 heterocycles. The van der Waals surface area contributed by atoms with E-state index in [-0.39, 0.29) is 18.2 Å². The number of methoxy groups -OCH3 is 2. The third kappa shape index (κ3) is 4.13. The average Bonchev–Trinajstić information content (AvgIpc) is 3.33. The fraction of sp³-hybridized carbons (Fsp3) is 0.389. The lowest BCUT2D eigenvalue weighted by Gasteiger charge is -2.13. The lowest BCUT2D eigenvalue weighted by atomic mass is 10.2. The summed E-state index contributed by atoms with van der Waals surface area (Å²) in [4.78, 5) is 30.8. The zero-order chi connectivity index (χ0) is 18.5. The third-order valence-electron chi connectivity index (χ3n) is 4.21. The van der Waals surface area contributed by atoms with E-state index in [0.29, 0.717) is 27.9 Å². The molecule has 2 aromatic rings. The second-order valence-electron chi connectivity index (χ2n) is 5.93. The Labute approximate surface area is 155 Å². The van der Waals surface area contributed by atoms with Gasteiger partial charge in [-0.05, 0) is 31.0 Å². The number of hydrogen-bond acceptors (Lipinski definition) is 6. The molecule has 0 unspecified atom stereocenters.